The number of carbonyl (C=O) groups is 1. The smallest absolute Gasteiger partial charge is 0.341 e. The second kappa shape index (κ2) is 7.21. The van der Waals surface area contributed by atoms with Crippen molar-refractivity contribution in [3.8, 4) is 0 Å². The minimum Gasteiger partial charge on any atom is -0.382 e. The fourth-order valence-electron chi connectivity index (χ4n) is 1.48. The number of para-hydroxylation sites is 1. The molecular weight excluding hydrogens is 304 g/mol. The highest BCUT2D eigenvalue weighted by molar-refractivity contribution is 7.91. The van der Waals surface area contributed by atoms with Gasteiger partial charge in [0.05, 0.1) is 10.6 Å². The minimum atomic E-state index is -4.67. The highest BCUT2D eigenvalue weighted by Crippen LogP contribution is 2.25. The van der Waals surface area contributed by atoms with Gasteiger partial charge >= 0.3 is 11.8 Å². The Bertz CT molecular complexity index is 591. The number of carbonyl (C=O) groups excluding carboxylic acids is 1. The summed E-state index contributed by atoms with van der Waals surface area (Å²) < 4.78 is 48.2. The number of alkyl halides is 2. The zero-order chi connectivity index (χ0) is 16.0. The summed E-state index contributed by atoms with van der Waals surface area (Å²) >= 11 is 0. The van der Waals surface area contributed by atoms with Gasteiger partial charge in [0.15, 0.2) is 0 Å². The van der Waals surface area contributed by atoms with Crippen LogP contribution >= 0.6 is 0 Å². The van der Waals surface area contributed by atoms with Crippen molar-refractivity contribution in [2.45, 2.75) is 10.7 Å². The van der Waals surface area contributed by atoms with Crippen molar-refractivity contribution in [2.75, 3.05) is 32.5 Å². The number of benzene rings is 1. The molecule has 0 fully saturated rings. The Balaban J connectivity index is 2.71. The monoisotopic (exact) mass is 321 g/mol. The quantitative estimate of drug-likeness (QED) is 0.776. The van der Waals surface area contributed by atoms with Crippen LogP contribution in [0.15, 0.2) is 29.2 Å². The third-order valence-corrected chi connectivity index (χ3v) is 3.99. The molecule has 6 nitrogen and oxygen atoms in total. The van der Waals surface area contributed by atoms with Crippen molar-refractivity contribution >= 4 is 21.6 Å². The number of rotatable bonds is 6. The molecule has 2 amide bonds. The number of hydrogen-bond donors (Lipinski definition) is 2. The average molecular weight is 321 g/mol. The van der Waals surface area contributed by atoms with Gasteiger partial charge < -0.3 is 15.5 Å². The van der Waals surface area contributed by atoms with E-state index < -0.39 is 20.5 Å². The van der Waals surface area contributed by atoms with Gasteiger partial charge in [0.2, 0.25) is 9.84 Å². The fourth-order valence-corrected chi connectivity index (χ4v) is 2.39. The number of nitrogens with one attached hydrogen (secondary N) is 2. The maximum atomic E-state index is 12.6. The normalized spacial score (nSPS) is 11.3. The molecule has 0 saturated carbocycles. The summed E-state index contributed by atoms with van der Waals surface area (Å²) in [7, 11) is -1.51. The van der Waals surface area contributed by atoms with Crippen LogP contribution in [0, 0.1) is 0 Å². The summed E-state index contributed by atoms with van der Waals surface area (Å²) in [5, 5.41) is 5.28. The maximum Gasteiger partial charge on any atom is 0.341 e. The van der Waals surface area contributed by atoms with E-state index in [1.165, 1.54) is 23.1 Å². The van der Waals surface area contributed by atoms with Crippen LogP contribution in [0.2, 0.25) is 0 Å². The predicted octanol–water partition coefficient (Wildman–Crippen LogP) is 1.37. The molecule has 0 unspecified atom stereocenters. The van der Waals surface area contributed by atoms with Crippen LogP contribution in [0.1, 0.15) is 0 Å². The molecule has 0 aliphatic carbocycles. The Kier molecular flexibility index (Phi) is 5.89. The second-order valence-corrected chi connectivity index (χ2v) is 6.24. The Morgan fingerprint density at radius 1 is 1.24 bits per heavy atom. The Morgan fingerprint density at radius 3 is 2.43 bits per heavy atom. The third-order valence-electron chi connectivity index (χ3n) is 2.55. The molecule has 0 atom stereocenters. The molecule has 0 saturated heterocycles. The molecule has 0 heterocycles. The summed E-state index contributed by atoms with van der Waals surface area (Å²) in [4.78, 5) is 12.1. The van der Waals surface area contributed by atoms with Gasteiger partial charge in [-0.05, 0) is 12.1 Å². The lowest BCUT2D eigenvalue weighted by Crippen LogP contribution is -2.37. The molecule has 0 spiro atoms. The predicted molar refractivity (Wildman–Crippen MR) is 75.2 cm³/mol. The van der Waals surface area contributed by atoms with E-state index in [0.717, 1.165) is 6.07 Å². The lowest BCUT2D eigenvalue weighted by molar-refractivity contribution is 0.218. The van der Waals surface area contributed by atoms with Crippen LogP contribution in [0.3, 0.4) is 0 Å². The number of hydrogen-bond acceptors (Lipinski definition) is 4. The first-order valence-corrected chi connectivity index (χ1v) is 7.61. The molecular formula is C12H17F2N3O3S. The molecule has 0 aliphatic heterocycles. The first kappa shape index (κ1) is 17.2. The van der Waals surface area contributed by atoms with Crippen molar-refractivity contribution in [3.05, 3.63) is 24.3 Å². The summed E-state index contributed by atoms with van der Waals surface area (Å²) in [5.41, 5.74) is 0.0805. The van der Waals surface area contributed by atoms with Gasteiger partial charge in [-0.3, -0.25) is 0 Å². The molecule has 1 aromatic carbocycles. The maximum absolute atomic E-state index is 12.6. The topological polar surface area (TPSA) is 78.5 Å². The van der Waals surface area contributed by atoms with Crippen molar-refractivity contribution in [3.63, 3.8) is 0 Å². The van der Waals surface area contributed by atoms with Gasteiger partial charge in [-0.15, -0.1) is 0 Å². The first-order valence-electron chi connectivity index (χ1n) is 6.07. The zero-order valence-electron chi connectivity index (χ0n) is 11.6. The molecule has 1 rings (SSSR count). The van der Waals surface area contributed by atoms with Crippen LogP contribution in [-0.4, -0.2) is 52.3 Å². The number of nitrogens with zero attached hydrogens (tertiary/aromatic N) is 1. The van der Waals surface area contributed by atoms with Gasteiger partial charge in [-0.2, -0.15) is 8.78 Å². The van der Waals surface area contributed by atoms with Gasteiger partial charge in [-0.25, -0.2) is 13.2 Å². The molecule has 0 aliphatic rings. The van der Waals surface area contributed by atoms with Crippen molar-refractivity contribution in [2.24, 2.45) is 0 Å². The lowest BCUT2D eigenvalue weighted by Gasteiger charge is -2.14. The molecule has 2 N–H and O–H groups in total. The van der Waals surface area contributed by atoms with E-state index in [0.29, 0.717) is 0 Å². The summed E-state index contributed by atoms with van der Waals surface area (Å²) in [6.07, 6.45) is 0. The molecule has 0 radical (unpaired) electrons. The summed E-state index contributed by atoms with van der Waals surface area (Å²) in [5.74, 6) is -3.48. The highest BCUT2D eigenvalue weighted by atomic mass is 32.2. The molecule has 0 bridgehead atoms. The van der Waals surface area contributed by atoms with Crippen LogP contribution in [0.4, 0.5) is 19.3 Å². The number of amides is 2. The van der Waals surface area contributed by atoms with E-state index in [4.69, 9.17) is 0 Å². The van der Waals surface area contributed by atoms with Crippen molar-refractivity contribution in [1.29, 1.82) is 0 Å². The largest absolute Gasteiger partial charge is 0.382 e. The van der Waals surface area contributed by atoms with Crippen LogP contribution in [-0.2, 0) is 9.84 Å². The van der Waals surface area contributed by atoms with E-state index in [1.54, 1.807) is 14.1 Å². The van der Waals surface area contributed by atoms with Gasteiger partial charge in [-0.1, -0.05) is 12.1 Å². The SMILES string of the molecule is CN(C)C(=O)NCCNc1ccccc1S(=O)(=O)C(F)F. The number of sulfone groups is 1. The van der Waals surface area contributed by atoms with E-state index in [9.17, 15) is 22.0 Å². The molecule has 118 valence electrons. The molecule has 21 heavy (non-hydrogen) atoms. The number of halogens is 2. The van der Waals surface area contributed by atoms with Crippen molar-refractivity contribution < 1.29 is 22.0 Å². The standard InChI is InChI=1S/C12H17F2N3O3S/c1-17(2)12(18)16-8-7-15-9-5-3-4-6-10(9)21(19,20)11(13)14/h3-6,11,15H,7-8H2,1-2H3,(H,16,18). The van der Waals surface area contributed by atoms with Crippen molar-refractivity contribution in [1.82, 2.24) is 10.2 Å². The molecule has 0 aromatic heterocycles. The highest BCUT2D eigenvalue weighted by Gasteiger charge is 2.28. The Hall–Kier alpha value is -1.90. The molecule has 9 heteroatoms. The van der Waals surface area contributed by atoms with Gasteiger partial charge in [0, 0.05) is 27.2 Å². The van der Waals surface area contributed by atoms with Gasteiger partial charge in [0.1, 0.15) is 0 Å². The third kappa shape index (κ3) is 4.55. The minimum absolute atomic E-state index is 0.0805. The zero-order valence-corrected chi connectivity index (χ0v) is 12.5. The number of anilines is 1. The van der Waals surface area contributed by atoms with E-state index in [-0.39, 0.29) is 24.8 Å². The second-order valence-electron chi connectivity index (χ2n) is 4.35. The fraction of sp³-hybridized carbons (Fsp3) is 0.417. The van der Waals surface area contributed by atoms with E-state index in [2.05, 4.69) is 10.6 Å². The van der Waals surface area contributed by atoms with Crippen LogP contribution in [0.25, 0.3) is 0 Å². The number of urea groups is 1. The van der Waals surface area contributed by atoms with E-state index >= 15 is 0 Å². The van der Waals surface area contributed by atoms with Crippen LogP contribution < -0.4 is 10.6 Å². The average Bonchev–Trinajstić information content (AvgIpc) is 2.43. The Morgan fingerprint density at radius 2 is 1.86 bits per heavy atom. The van der Waals surface area contributed by atoms with Crippen LogP contribution in [0.5, 0.6) is 0 Å². The Labute approximate surface area is 122 Å². The van der Waals surface area contributed by atoms with Gasteiger partial charge in [0.25, 0.3) is 0 Å². The summed E-state index contributed by atoms with van der Waals surface area (Å²) in [6.45, 7) is 0.426. The summed E-state index contributed by atoms with van der Waals surface area (Å²) in [6, 6.07) is 5.11. The van der Waals surface area contributed by atoms with E-state index in [1.807, 2.05) is 0 Å². The first-order chi connectivity index (χ1) is 9.76. The lowest BCUT2D eigenvalue weighted by atomic mass is 10.3. The molecule has 1 aromatic rings.